The normalized spacial score (nSPS) is 10.8. The number of hydrogen-bond acceptors (Lipinski definition) is 2. The summed E-state index contributed by atoms with van der Waals surface area (Å²) in [5.41, 5.74) is 3.29. The third-order valence-corrected chi connectivity index (χ3v) is 2.48. The molecule has 1 aromatic rings. The molecule has 0 aliphatic heterocycles. The van der Waals surface area contributed by atoms with E-state index in [0.29, 0.717) is 5.92 Å². The molecule has 2 heteroatoms. The van der Waals surface area contributed by atoms with Crippen molar-refractivity contribution < 1.29 is 0 Å². The highest BCUT2D eigenvalue weighted by molar-refractivity contribution is 5.16. The first-order valence-corrected chi connectivity index (χ1v) is 4.99. The molecule has 1 heterocycles. The summed E-state index contributed by atoms with van der Waals surface area (Å²) in [7, 11) is 0. The maximum Gasteiger partial charge on any atom is 0.0649 e. The van der Waals surface area contributed by atoms with Crippen molar-refractivity contribution in [3.8, 4) is 0 Å². The topological polar surface area (TPSA) is 25.8 Å². The van der Waals surface area contributed by atoms with Crippen molar-refractivity contribution in [2.24, 2.45) is 0 Å². The lowest BCUT2D eigenvalue weighted by Crippen LogP contribution is -2.04. The van der Waals surface area contributed by atoms with Gasteiger partial charge in [0.15, 0.2) is 0 Å². The summed E-state index contributed by atoms with van der Waals surface area (Å²) in [6.07, 6.45) is 4.13. The summed E-state index contributed by atoms with van der Waals surface area (Å²) in [4.78, 5) is 8.89. The molecule has 0 spiro atoms. The summed E-state index contributed by atoms with van der Waals surface area (Å²) in [6, 6.07) is 0. The molecule has 13 heavy (non-hydrogen) atoms. The van der Waals surface area contributed by atoms with Gasteiger partial charge in [-0.25, -0.2) is 0 Å². The van der Waals surface area contributed by atoms with E-state index in [9.17, 15) is 0 Å². The lowest BCUT2D eigenvalue weighted by molar-refractivity contribution is 0.612. The van der Waals surface area contributed by atoms with Crippen molar-refractivity contribution >= 4 is 0 Å². The van der Waals surface area contributed by atoms with Gasteiger partial charge >= 0.3 is 0 Å². The second-order valence-corrected chi connectivity index (χ2v) is 3.50. The van der Waals surface area contributed by atoms with Crippen LogP contribution in [0.25, 0.3) is 0 Å². The Morgan fingerprint density at radius 2 is 1.85 bits per heavy atom. The first-order chi connectivity index (χ1) is 6.19. The monoisotopic (exact) mass is 178 g/mol. The predicted octanol–water partition coefficient (Wildman–Crippen LogP) is 3.00. The molecule has 0 saturated heterocycles. The van der Waals surface area contributed by atoms with Crippen LogP contribution in [0.1, 0.15) is 49.7 Å². The maximum absolute atomic E-state index is 4.55. The molecule has 0 aromatic carbocycles. The minimum absolute atomic E-state index is 0.576. The average molecular weight is 178 g/mol. The molecule has 1 rings (SSSR count). The molecule has 0 unspecified atom stereocenters. The third-order valence-electron chi connectivity index (χ3n) is 2.48. The first kappa shape index (κ1) is 10.2. The molecule has 0 fully saturated rings. The zero-order chi connectivity index (χ0) is 9.84. The van der Waals surface area contributed by atoms with Gasteiger partial charge in [-0.3, -0.25) is 9.97 Å². The molecular formula is C11H18N2. The van der Waals surface area contributed by atoms with Gasteiger partial charge in [0.05, 0.1) is 17.1 Å². The predicted molar refractivity (Wildman–Crippen MR) is 54.8 cm³/mol. The Balaban J connectivity index is 3.03. The number of hydrogen-bond donors (Lipinski definition) is 0. The SMILES string of the molecule is CCC(CC)c1nc(C)cnc1C. The van der Waals surface area contributed by atoms with E-state index < -0.39 is 0 Å². The Bertz CT molecular complexity index is 277. The fourth-order valence-corrected chi connectivity index (χ4v) is 1.62. The van der Waals surface area contributed by atoms with Gasteiger partial charge in [0.2, 0.25) is 0 Å². The van der Waals surface area contributed by atoms with Gasteiger partial charge in [-0.2, -0.15) is 0 Å². The molecule has 0 amide bonds. The van der Waals surface area contributed by atoms with Crippen molar-refractivity contribution in [2.75, 3.05) is 0 Å². The third kappa shape index (κ3) is 2.27. The Labute approximate surface area is 80.4 Å². The van der Waals surface area contributed by atoms with Crippen molar-refractivity contribution in [2.45, 2.75) is 46.5 Å². The van der Waals surface area contributed by atoms with E-state index in [1.165, 1.54) is 5.69 Å². The molecule has 0 N–H and O–H groups in total. The fraction of sp³-hybridized carbons (Fsp3) is 0.636. The lowest BCUT2D eigenvalue weighted by Gasteiger charge is -2.13. The van der Waals surface area contributed by atoms with Crippen LogP contribution in [0.5, 0.6) is 0 Å². The number of rotatable bonds is 3. The van der Waals surface area contributed by atoms with Crippen LogP contribution in [0.4, 0.5) is 0 Å². The molecule has 0 saturated carbocycles. The van der Waals surface area contributed by atoms with Crippen LogP contribution in [0, 0.1) is 13.8 Å². The number of aryl methyl sites for hydroxylation is 2. The van der Waals surface area contributed by atoms with E-state index in [2.05, 4.69) is 23.8 Å². The fourth-order valence-electron chi connectivity index (χ4n) is 1.62. The van der Waals surface area contributed by atoms with E-state index >= 15 is 0 Å². The molecule has 1 aromatic heterocycles. The minimum Gasteiger partial charge on any atom is -0.258 e. The second kappa shape index (κ2) is 4.35. The average Bonchev–Trinajstić information content (AvgIpc) is 2.13. The maximum atomic E-state index is 4.55. The number of nitrogens with zero attached hydrogens (tertiary/aromatic N) is 2. The van der Waals surface area contributed by atoms with E-state index in [0.717, 1.165) is 24.2 Å². The van der Waals surface area contributed by atoms with Gasteiger partial charge in [0, 0.05) is 12.1 Å². The number of aromatic nitrogens is 2. The summed E-state index contributed by atoms with van der Waals surface area (Å²) < 4.78 is 0. The van der Waals surface area contributed by atoms with Crippen molar-refractivity contribution in [1.29, 1.82) is 0 Å². The van der Waals surface area contributed by atoms with Crippen molar-refractivity contribution in [1.82, 2.24) is 9.97 Å². The van der Waals surface area contributed by atoms with E-state index in [1.807, 2.05) is 20.0 Å². The van der Waals surface area contributed by atoms with E-state index in [-0.39, 0.29) is 0 Å². The van der Waals surface area contributed by atoms with Crippen molar-refractivity contribution in [3.05, 3.63) is 23.3 Å². The highest BCUT2D eigenvalue weighted by Crippen LogP contribution is 2.22. The largest absolute Gasteiger partial charge is 0.258 e. The van der Waals surface area contributed by atoms with Gasteiger partial charge in [-0.1, -0.05) is 13.8 Å². The van der Waals surface area contributed by atoms with Crippen LogP contribution in [-0.2, 0) is 0 Å². The second-order valence-electron chi connectivity index (χ2n) is 3.50. The van der Waals surface area contributed by atoms with Crippen molar-refractivity contribution in [3.63, 3.8) is 0 Å². The van der Waals surface area contributed by atoms with Gasteiger partial charge in [-0.05, 0) is 26.7 Å². The quantitative estimate of drug-likeness (QED) is 0.711. The molecule has 72 valence electrons. The summed E-state index contributed by atoms with van der Waals surface area (Å²) in [5, 5.41) is 0. The highest BCUT2D eigenvalue weighted by Gasteiger charge is 2.11. The molecular weight excluding hydrogens is 160 g/mol. The van der Waals surface area contributed by atoms with Gasteiger partial charge in [0.1, 0.15) is 0 Å². The summed E-state index contributed by atoms with van der Waals surface area (Å²) in [6.45, 7) is 8.45. The molecule has 0 aliphatic carbocycles. The molecule has 0 bridgehead atoms. The Kier molecular flexibility index (Phi) is 3.40. The van der Waals surface area contributed by atoms with E-state index in [4.69, 9.17) is 0 Å². The van der Waals surface area contributed by atoms with Gasteiger partial charge in [0.25, 0.3) is 0 Å². The van der Waals surface area contributed by atoms with E-state index in [1.54, 1.807) is 0 Å². The summed E-state index contributed by atoms with van der Waals surface area (Å²) >= 11 is 0. The molecule has 2 nitrogen and oxygen atoms in total. The molecule has 0 aliphatic rings. The zero-order valence-electron chi connectivity index (χ0n) is 8.96. The smallest absolute Gasteiger partial charge is 0.0649 e. The van der Waals surface area contributed by atoms with Gasteiger partial charge in [-0.15, -0.1) is 0 Å². The summed E-state index contributed by atoms with van der Waals surface area (Å²) in [5.74, 6) is 0.576. The Morgan fingerprint density at radius 1 is 1.23 bits per heavy atom. The Hall–Kier alpha value is -0.920. The Morgan fingerprint density at radius 3 is 2.38 bits per heavy atom. The molecule has 0 radical (unpaired) electrons. The van der Waals surface area contributed by atoms with Crippen LogP contribution in [0.15, 0.2) is 6.20 Å². The zero-order valence-corrected chi connectivity index (χ0v) is 8.96. The standard InChI is InChI=1S/C11H18N2/c1-5-10(6-2)11-9(4)12-7-8(3)13-11/h7,10H,5-6H2,1-4H3. The molecule has 0 atom stereocenters. The van der Waals surface area contributed by atoms with Gasteiger partial charge < -0.3 is 0 Å². The van der Waals surface area contributed by atoms with Crippen LogP contribution >= 0.6 is 0 Å². The minimum atomic E-state index is 0.576. The lowest BCUT2D eigenvalue weighted by atomic mass is 9.97. The first-order valence-electron chi connectivity index (χ1n) is 4.99. The van der Waals surface area contributed by atoms with Crippen LogP contribution in [0.3, 0.4) is 0 Å². The van der Waals surface area contributed by atoms with Crippen LogP contribution < -0.4 is 0 Å². The van der Waals surface area contributed by atoms with Crippen LogP contribution in [0.2, 0.25) is 0 Å². The highest BCUT2D eigenvalue weighted by atomic mass is 14.8. The van der Waals surface area contributed by atoms with Crippen LogP contribution in [-0.4, -0.2) is 9.97 Å².